The van der Waals surface area contributed by atoms with Crippen LogP contribution in [0.4, 0.5) is 5.95 Å². The second kappa shape index (κ2) is 8.37. The lowest BCUT2D eigenvalue weighted by Crippen LogP contribution is -2.39. The van der Waals surface area contributed by atoms with E-state index >= 15 is 0 Å². The van der Waals surface area contributed by atoms with Gasteiger partial charge in [0.15, 0.2) is 0 Å². The average Bonchev–Trinajstić information content (AvgIpc) is 3.81. The van der Waals surface area contributed by atoms with E-state index in [4.69, 9.17) is 16.6 Å². The van der Waals surface area contributed by atoms with Crippen LogP contribution in [0, 0.1) is 11.8 Å². The maximum absolute atomic E-state index is 13.9. The molecule has 1 aliphatic heterocycles. The van der Waals surface area contributed by atoms with Gasteiger partial charge in [0.2, 0.25) is 5.95 Å². The highest BCUT2D eigenvalue weighted by atomic mass is 35.5. The van der Waals surface area contributed by atoms with E-state index in [2.05, 4.69) is 10.3 Å². The molecule has 0 radical (unpaired) electrons. The SMILES string of the molecule is O=c1c(-c2ccccc2Cl)cc2cnc(N(C3C4CNCC43)S(=O)(=O)c3ccccc3)nc2n1C1CC1. The highest BCUT2D eigenvalue weighted by molar-refractivity contribution is 7.92. The largest absolute Gasteiger partial charge is 0.316 e. The number of hydrogen-bond donors (Lipinski definition) is 1. The van der Waals surface area contributed by atoms with Crippen LogP contribution in [-0.2, 0) is 10.0 Å². The Labute approximate surface area is 219 Å². The minimum Gasteiger partial charge on any atom is -0.316 e. The molecule has 0 amide bonds. The molecule has 3 aliphatic rings. The summed E-state index contributed by atoms with van der Waals surface area (Å²) in [6.07, 6.45) is 3.36. The summed E-state index contributed by atoms with van der Waals surface area (Å²) in [7, 11) is -3.91. The van der Waals surface area contributed by atoms with E-state index in [1.54, 1.807) is 53.2 Å². The number of fused-ring (bicyclic) bond motifs is 2. The fraction of sp³-hybridized carbons (Fsp3) is 0.296. The zero-order valence-electron chi connectivity index (χ0n) is 19.8. The standard InChI is InChI=1S/C27H24ClN5O3S/c28-23-9-5-4-8-19(23)20-12-16-13-30-27(31-25(16)32(26(20)34)17-10-11-17)33(24-21-14-29-15-22(21)24)37(35,36)18-6-2-1-3-7-18/h1-9,12-13,17,21-22,24,29H,10-11,14-15H2. The molecule has 3 fully saturated rings. The third kappa shape index (κ3) is 3.67. The number of benzene rings is 2. The molecule has 2 aromatic carbocycles. The number of piperidine rings is 1. The predicted octanol–water partition coefficient (Wildman–Crippen LogP) is 3.86. The van der Waals surface area contributed by atoms with E-state index in [1.165, 1.54) is 4.31 Å². The molecule has 0 bridgehead atoms. The van der Waals surface area contributed by atoms with Gasteiger partial charge in [-0.1, -0.05) is 48.0 Å². The van der Waals surface area contributed by atoms with Crippen molar-refractivity contribution in [3.05, 3.63) is 82.2 Å². The molecule has 0 spiro atoms. The van der Waals surface area contributed by atoms with Crippen molar-refractivity contribution in [2.75, 3.05) is 17.4 Å². The number of nitrogens with one attached hydrogen (secondary N) is 1. The number of sulfonamides is 1. The van der Waals surface area contributed by atoms with E-state index in [0.717, 1.165) is 25.9 Å². The molecule has 2 atom stereocenters. The fourth-order valence-corrected chi connectivity index (χ4v) is 7.50. The number of pyridine rings is 1. The Morgan fingerprint density at radius 2 is 1.68 bits per heavy atom. The second-order valence-electron chi connectivity index (χ2n) is 9.98. The Kier molecular flexibility index (Phi) is 5.18. The monoisotopic (exact) mass is 533 g/mol. The van der Waals surface area contributed by atoms with Gasteiger partial charge < -0.3 is 5.32 Å². The van der Waals surface area contributed by atoms with Crippen LogP contribution in [-0.4, -0.2) is 42.1 Å². The Balaban J connectivity index is 1.42. The number of hydrogen-bond acceptors (Lipinski definition) is 6. The van der Waals surface area contributed by atoms with Crippen LogP contribution in [0.25, 0.3) is 22.2 Å². The molecule has 10 heteroatoms. The Morgan fingerprint density at radius 1 is 0.973 bits per heavy atom. The first-order chi connectivity index (χ1) is 17.9. The lowest BCUT2D eigenvalue weighted by atomic mass is 10.1. The molecular weight excluding hydrogens is 510 g/mol. The van der Waals surface area contributed by atoms with Crippen LogP contribution in [0.15, 0.2) is 76.6 Å². The van der Waals surface area contributed by atoms with Crippen molar-refractivity contribution in [2.45, 2.75) is 29.8 Å². The fourth-order valence-electron chi connectivity index (χ4n) is 5.60. The Morgan fingerprint density at radius 3 is 2.38 bits per heavy atom. The number of nitrogens with zero attached hydrogens (tertiary/aromatic N) is 4. The molecule has 2 saturated carbocycles. The highest BCUT2D eigenvalue weighted by Gasteiger charge is 2.59. The molecule has 2 aromatic heterocycles. The van der Waals surface area contributed by atoms with Gasteiger partial charge in [-0.3, -0.25) is 9.36 Å². The van der Waals surface area contributed by atoms with Gasteiger partial charge in [-0.25, -0.2) is 17.7 Å². The van der Waals surface area contributed by atoms with E-state index in [1.807, 2.05) is 18.2 Å². The van der Waals surface area contributed by atoms with Crippen LogP contribution in [0.1, 0.15) is 18.9 Å². The Hall–Kier alpha value is -3.27. The average molecular weight is 534 g/mol. The third-order valence-electron chi connectivity index (χ3n) is 7.65. The van der Waals surface area contributed by atoms with Crippen molar-refractivity contribution in [1.29, 1.82) is 0 Å². The van der Waals surface area contributed by atoms with Gasteiger partial charge in [0.1, 0.15) is 5.65 Å². The highest BCUT2D eigenvalue weighted by Crippen LogP contribution is 2.49. The summed E-state index contributed by atoms with van der Waals surface area (Å²) in [5.41, 5.74) is 1.40. The zero-order valence-corrected chi connectivity index (χ0v) is 21.4. The minimum atomic E-state index is -3.91. The number of rotatable bonds is 6. The van der Waals surface area contributed by atoms with Gasteiger partial charge in [0.05, 0.1) is 10.9 Å². The molecule has 37 heavy (non-hydrogen) atoms. The van der Waals surface area contributed by atoms with Crippen LogP contribution in [0.3, 0.4) is 0 Å². The molecule has 8 nitrogen and oxygen atoms in total. The van der Waals surface area contributed by atoms with E-state index < -0.39 is 10.0 Å². The maximum atomic E-state index is 13.9. The molecule has 1 saturated heterocycles. The Bertz CT molecular complexity index is 1690. The zero-order chi connectivity index (χ0) is 25.3. The summed E-state index contributed by atoms with van der Waals surface area (Å²) >= 11 is 6.44. The minimum absolute atomic E-state index is 0.0175. The molecule has 2 aliphatic carbocycles. The normalized spacial score (nSPS) is 22.7. The number of halogens is 1. The summed E-state index contributed by atoms with van der Waals surface area (Å²) in [6.45, 7) is 1.52. The topological polar surface area (TPSA) is 97.2 Å². The predicted molar refractivity (Wildman–Crippen MR) is 142 cm³/mol. The maximum Gasteiger partial charge on any atom is 0.266 e. The summed E-state index contributed by atoms with van der Waals surface area (Å²) in [5, 5.41) is 4.49. The summed E-state index contributed by atoms with van der Waals surface area (Å²) < 4.78 is 30.9. The first-order valence-electron chi connectivity index (χ1n) is 12.4. The van der Waals surface area contributed by atoms with Gasteiger partial charge in [-0.05, 0) is 48.9 Å². The quantitative estimate of drug-likeness (QED) is 0.404. The van der Waals surface area contributed by atoms with E-state index in [-0.39, 0.29) is 40.3 Å². The molecule has 4 aromatic rings. The molecule has 7 rings (SSSR count). The molecule has 1 N–H and O–H groups in total. The van der Waals surface area contributed by atoms with Crippen molar-refractivity contribution >= 4 is 38.6 Å². The van der Waals surface area contributed by atoms with Gasteiger partial charge >= 0.3 is 0 Å². The van der Waals surface area contributed by atoms with Crippen LogP contribution < -0.4 is 15.2 Å². The van der Waals surface area contributed by atoms with Crippen LogP contribution in [0.2, 0.25) is 5.02 Å². The summed E-state index contributed by atoms with van der Waals surface area (Å²) in [4.78, 5) is 23.3. The molecule has 188 valence electrons. The van der Waals surface area contributed by atoms with Gasteiger partial charge in [0, 0.05) is 46.9 Å². The van der Waals surface area contributed by atoms with Gasteiger partial charge in [-0.15, -0.1) is 0 Å². The van der Waals surface area contributed by atoms with Crippen LogP contribution >= 0.6 is 11.6 Å². The summed E-state index contributed by atoms with van der Waals surface area (Å²) in [6, 6.07) is 17.2. The van der Waals surface area contributed by atoms with Crippen LogP contribution in [0.5, 0.6) is 0 Å². The summed E-state index contributed by atoms with van der Waals surface area (Å²) in [5.74, 6) is 0.534. The lowest BCUT2D eigenvalue weighted by Gasteiger charge is -2.25. The molecular formula is C27H24ClN5O3S. The van der Waals surface area contributed by atoms with Crippen molar-refractivity contribution in [3.63, 3.8) is 0 Å². The number of aromatic nitrogens is 3. The van der Waals surface area contributed by atoms with E-state index in [0.29, 0.717) is 27.2 Å². The van der Waals surface area contributed by atoms with Crippen molar-refractivity contribution in [2.24, 2.45) is 11.8 Å². The molecule has 3 heterocycles. The lowest BCUT2D eigenvalue weighted by molar-refractivity contribution is 0.579. The first-order valence-corrected chi connectivity index (χ1v) is 14.2. The van der Waals surface area contributed by atoms with Gasteiger partial charge in [-0.2, -0.15) is 4.98 Å². The third-order valence-corrected chi connectivity index (χ3v) is 9.77. The van der Waals surface area contributed by atoms with Gasteiger partial charge in [0.25, 0.3) is 15.6 Å². The second-order valence-corrected chi connectivity index (χ2v) is 12.2. The van der Waals surface area contributed by atoms with E-state index in [9.17, 15) is 13.2 Å². The first kappa shape index (κ1) is 22.9. The smallest absolute Gasteiger partial charge is 0.266 e. The molecule has 2 unspecified atom stereocenters. The van der Waals surface area contributed by atoms with Crippen molar-refractivity contribution in [1.82, 2.24) is 19.9 Å². The number of anilines is 1. The van der Waals surface area contributed by atoms with Crippen molar-refractivity contribution < 1.29 is 8.42 Å². The van der Waals surface area contributed by atoms with Crippen molar-refractivity contribution in [3.8, 4) is 11.1 Å².